The number of anilines is 2. The first-order valence-electron chi connectivity index (χ1n) is 11.7. The summed E-state index contributed by atoms with van der Waals surface area (Å²) in [6, 6.07) is 19.0. The summed E-state index contributed by atoms with van der Waals surface area (Å²) in [4.78, 5) is 13.1. The number of nitrogens with zero attached hydrogens (tertiary/aromatic N) is 1. The molecule has 0 spiro atoms. The minimum atomic E-state index is -3.79. The Hall–Kier alpha value is -3.41. The highest BCUT2D eigenvalue weighted by Crippen LogP contribution is 2.26. The van der Waals surface area contributed by atoms with Crippen LogP contribution in [0.15, 0.2) is 82.6 Å². The first-order valence-corrected chi connectivity index (χ1v) is 14.7. The van der Waals surface area contributed by atoms with Crippen molar-refractivity contribution < 1.29 is 26.4 Å². The summed E-state index contributed by atoms with van der Waals surface area (Å²) in [5.74, 6) is -0.295. The van der Waals surface area contributed by atoms with E-state index in [9.17, 15) is 21.6 Å². The first kappa shape index (κ1) is 26.6. The van der Waals surface area contributed by atoms with E-state index in [1.807, 2.05) is 13.0 Å². The van der Waals surface area contributed by atoms with Gasteiger partial charge in [0.05, 0.1) is 22.8 Å². The molecule has 37 heavy (non-hydrogen) atoms. The lowest BCUT2D eigenvalue weighted by atomic mass is 9.99. The molecule has 3 aromatic rings. The average molecular weight is 544 g/mol. The molecule has 0 unspecified atom stereocenters. The number of benzene rings is 3. The zero-order valence-corrected chi connectivity index (χ0v) is 22.2. The fourth-order valence-electron chi connectivity index (χ4n) is 4.16. The molecule has 0 radical (unpaired) electrons. The molecule has 1 amide bonds. The van der Waals surface area contributed by atoms with Gasteiger partial charge in [0, 0.05) is 24.5 Å². The van der Waals surface area contributed by atoms with Gasteiger partial charge in [-0.15, -0.1) is 0 Å². The number of rotatable bonds is 8. The summed E-state index contributed by atoms with van der Waals surface area (Å²) in [7, 11) is -6.04. The molecule has 1 aliphatic rings. The molecule has 0 bridgehead atoms. The first-order chi connectivity index (χ1) is 17.6. The van der Waals surface area contributed by atoms with Crippen molar-refractivity contribution in [2.75, 3.05) is 30.2 Å². The Bertz CT molecular complexity index is 1470. The maximum Gasteiger partial charge on any atom is 0.261 e. The van der Waals surface area contributed by atoms with Gasteiger partial charge in [0.25, 0.3) is 10.0 Å². The molecule has 0 aromatic heterocycles. The van der Waals surface area contributed by atoms with Crippen molar-refractivity contribution in [3.8, 4) is 5.75 Å². The van der Waals surface area contributed by atoms with Crippen LogP contribution in [0.2, 0.25) is 0 Å². The number of amides is 1. The lowest BCUT2D eigenvalue weighted by Crippen LogP contribution is -2.43. The second kappa shape index (κ2) is 10.9. The number of aryl methyl sites for hydroxylation is 1. The smallest absolute Gasteiger partial charge is 0.261 e. The zero-order chi connectivity index (χ0) is 26.6. The number of carbonyl (C=O) groups is 1. The van der Waals surface area contributed by atoms with Crippen molar-refractivity contribution in [1.82, 2.24) is 4.31 Å². The monoisotopic (exact) mass is 543 g/mol. The third kappa shape index (κ3) is 6.30. The maximum absolute atomic E-state index is 13.1. The van der Waals surface area contributed by atoms with Gasteiger partial charge in [0.2, 0.25) is 15.9 Å². The van der Waals surface area contributed by atoms with E-state index in [1.165, 1.54) is 47.8 Å². The van der Waals surface area contributed by atoms with Crippen molar-refractivity contribution in [3.63, 3.8) is 0 Å². The molecule has 0 aliphatic carbocycles. The lowest BCUT2D eigenvalue weighted by Gasteiger charge is -2.31. The number of carbonyl (C=O) groups excluding carboxylic acids is 1. The van der Waals surface area contributed by atoms with Crippen LogP contribution in [0.1, 0.15) is 18.4 Å². The molecule has 9 nitrogen and oxygen atoms in total. The van der Waals surface area contributed by atoms with E-state index in [4.69, 9.17) is 4.74 Å². The largest absolute Gasteiger partial charge is 0.497 e. The number of hydrogen-bond donors (Lipinski definition) is 2. The van der Waals surface area contributed by atoms with Crippen LogP contribution in [0.3, 0.4) is 0 Å². The van der Waals surface area contributed by atoms with Gasteiger partial charge in [-0.25, -0.2) is 16.8 Å². The lowest BCUT2D eigenvalue weighted by molar-refractivity contribution is -0.120. The number of sulfonamides is 2. The van der Waals surface area contributed by atoms with Crippen LogP contribution in [0.4, 0.5) is 11.4 Å². The maximum atomic E-state index is 13.1. The molecule has 1 atom stereocenters. The SMILES string of the molecule is COc1ccc(S(=O)(=O)N2CCC[C@H](C(=O)Nc3ccc(S(=O)(=O)Nc4cccc(C)c4)cc3)C2)cc1. The molecule has 2 N–H and O–H groups in total. The van der Waals surface area contributed by atoms with Crippen LogP contribution in [0.5, 0.6) is 5.75 Å². The molecule has 0 saturated carbocycles. The van der Waals surface area contributed by atoms with Gasteiger partial charge in [-0.2, -0.15) is 4.31 Å². The summed E-state index contributed by atoms with van der Waals surface area (Å²) in [5.41, 5.74) is 1.81. The summed E-state index contributed by atoms with van der Waals surface area (Å²) >= 11 is 0. The van der Waals surface area contributed by atoms with Crippen LogP contribution in [0.25, 0.3) is 0 Å². The second-order valence-electron chi connectivity index (χ2n) is 8.87. The number of methoxy groups -OCH3 is 1. The molecule has 1 fully saturated rings. The Balaban J connectivity index is 1.40. The number of nitrogens with one attached hydrogen (secondary N) is 2. The van der Waals surface area contributed by atoms with Gasteiger partial charge in [-0.05, 0) is 86.0 Å². The number of ether oxygens (including phenoxy) is 1. The topological polar surface area (TPSA) is 122 Å². The molecular weight excluding hydrogens is 514 g/mol. The normalized spacial score (nSPS) is 16.6. The van der Waals surface area contributed by atoms with Gasteiger partial charge in [-0.1, -0.05) is 12.1 Å². The van der Waals surface area contributed by atoms with Crippen molar-refractivity contribution in [1.29, 1.82) is 0 Å². The molecule has 1 heterocycles. The van der Waals surface area contributed by atoms with Gasteiger partial charge in [0.1, 0.15) is 5.75 Å². The van der Waals surface area contributed by atoms with E-state index in [0.29, 0.717) is 36.5 Å². The fraction of sp³-hybridized carbons (Fsp3) is 0.269. The second-order valence-corrected chi connectivity index (χ2v) is 12.5. The van der Waals surface area contributed by atoms with Crippen molar-refractivity contribution in [3.05, 3.63) is 78.4 Å². The molecule has 4 rings (SSSR count). The quantitative estimate of drug-likeness (QED) is 0.445. The summed E-state index contributed by atoms with van der Waals surface area (Å²) < 4.78 is 60.5. The average Bonchev–Trinajstić information content (AvgIpc) is 2.89. The van der Waals surface area contributed by atoms with E-state index < -0.39 is 26.0 Å². The van der Waals surface area contributed by atoms with E-state index >= 15 is 0 Å². The fourth-order valence-corrected chi connectivity index (χ4v) is 6.73. The van der Waals surface area contributed by atoms with Gasteiger partial charge in [0.15, 0.2) is 0 Å². The molecule has 1 aliphatic heterocycles. The summed E-state index contributed by atoms with van der Waals surface area (Å²) in [6.45, 7) is 2.26. The Morgan fingerprint density at radius 2 is 1.59 bits per heavy atom. The van der Waals surface area contributed by atoms with Crippen molar-refractivity contribution in [2.45, 2.75) is 29.6 Å². The molecule has 196 valence electrons. The van der Waals surface area contributed by atoms with Crippen LogP contribution < -0.4 is 14.8 Å². The molecule has 3 aromatic carbocycles. The Morgan fingerprint density at radius 1 is 0.919 bits per heavy atom. The van der Waals surface area contributed by atoms with E-state index in [1.54, 1.807) is 30.3 Å². The highest BCUT2D eigenvalue weighted by molar-refractivity contribution is 7.92. The third-order valence-electron chi connectivity index (χ3n) is 6.15. The summed E-state index contributed by atoms with van der Waals surface area (Å²) in [5, 5.41) is 2.78. The highest BCUT2D eigenvalue weighted by Gasteiger charge is 2.33. The minimum absolute atomic E-state index is 0.0569. The predicted molar refractivity (Wildman–Crippen MR) is 142 cm³/mol. The highest BCUT2D eigenvalue weighted by atomic mass is 32.2. The van der Waals surface area contributed by atoms with E-state index in [-0.39, 0.29) is 22.2 Å². The minimum Gasteiger partial charge on any atom is -0.497 e. The summed E-state index contributed by atoms with van der Waals surface area (Å²) in [6.07, 6.45) is 1.10. The molecular formula is C26H29N3O6S2. The third-order valence-corrected chi connectivity index (χ3v) is 9.43. The Kier molecular flexibility index (Phi) is 7.86. The van der Waals surface area contributed by atoms with Gasteiger partial charge in [-0.3, -0.25) is 9.52 Å². The van der Waals surface area contributed by atoms with Crippen LogP contribution in [0, 0.1) is 12.8 Å². The van der Waals surface area contributed by atoms with Crippen molar-refractivity contribution in [2.24, 2.45) is 5.92 Å². The van der Waals surface area contributed by atoms with E-state index in [2.05, 4.69) is 10.0 Å². The van der Waals surface area contributed by atoms with Gasteiger partial charge < -0.3 is 10.1 Å². The Morgan fingerprint density at radius 3 is 2.24 bits per heavy atom. The number of hydrogen-bond acceptors (Lipinski definition) is 6. The predicted octanol–water partition coefficient (Wildman–Crippen LogP) is 3.84. The Labute approximate surface area is 217 Å². The molecule has 11 heteroatoms. The van der Waals surface area contributed by atoms with Crippen LogP contribution >= 0.6 is 0 Å². The zero-order valence-electron chi connectivity index (χ0n) is 20.5. The van der Waals surface area contributed by atoms with Gasteiger partial charge >= 0.3 is 0 Å². The van der Waals surface area contributed by atoms with E-state index in [0.717, 1.165) is 5.56 Å². The standard InChI is InChI=1S/C26H29N3O6S2/c1-19-5-3-7-22(17-19)28-36(31,32)24-12-8-21(9-13-24)27-26(30)20-6-4-16-29(18-20)37(33,34)25-14-10-23(35-2)11-15-25/h3,5,7-15,17,20,28H,4,6,16,18H2,1-2H3,(H,27,30)/t20-/m0/s1. The van der Waals surface area contributed by atoms with Crippen LogP contribution in [-0.4, -0.2) is 47.2 Å². The van der Waals surface area contributed by atoms with Crippen LogP contribution in [-0.2, 0) is 24.8 Å². The molecule has 1 saturated heterocycles. The number of piperidine rings is 1. The van der Waals surface area contributed by atoms with Crippen molar-refractivity contribution >= 4 is 37.3 Å².